The number of halogens is 1. The van der Waals surface area contributed by atoms with Crippen molar-refractivity contribution in [2.75, 3.05) is 34.2 Å². The first-order chi connectivity index (χ1) is 19.0. The minimum Gasteiger partial charge on any atom is -0.497 e. The number of nitrogens with zero attached hydrogens (tertiary/aromatic N) is 4. The molecule has 1 N–H and O–H groups in total. The lowest BCUT2D eigenvalue weighted by molar-refractivity contribution is -0.118. The molecule has 12 heteroatoms. The van der Waals surface area contributed by atoms with E-state index in [9.17, 15) is 4.79 Å². The number of aromatic nitrogens is 3. The topological polar surface area (TPSA) is 109 Å². The highest BCUT2D eigenvalue weighted by Gasteiger charge is 2.18. The highest BCUT2D eigenvalue weighted by Crippen LogP contribution is 2.39. The molecule has 0 aliphatic rings. The second kappa shape index (κ2) is 13.0. The van der Waals surface area contributed by atoms with Crippen molar-refractivity contribution in [1.29, 1.82) is 0 Å². The van der Waals surface area contributed by atoms with Crippen LogP contribution in [0.2, 0.25) is 5.02 Å². The van der Waals surface area contributed by atoms with Gasteiger partial charge >= 0.3 is 0 Å². The van der Waals surface area contributed by atoms with E-state index < -0.39 is 0 Å². The number of nitrogens with one attached hydrogen (secondary N) is 1. The standard InChI is InChI=1S/C27H26ClN5O5S/c1-35-21-12-5-17(6-13-21)26-31-32-27(33(26)20-10-8-19(28)9-11-20)39-16-23(34)30-29-15-18-7-14-22(36-2)25(38-4)24(18)37-3/h5-15H,16H2,1-4H3,(H,30,34)/b29-15-. The van der Waals surface area contributed by atoms with E-state index in [-0.39, 0.29) is 11.7 Å². The van der Waals surface area contributed by atoms with Crippen LogP contribution in [0.3, 0.4) is 0 Å². The molecule has 10 nitrogen and oxygen atoms in total. The molecule has 0 atom stereocenters. The maximum atomic E-state index is 12.6. The van der Waals surface area contributed by atoms with Crippen LogP contribution in [0.25, 0.3) is 17.1 Å². The number of amides is 1. The van der Waals surface area contributed by atoms with E-state index in [0.29, 0.717) is 38.8 Å². The molecule has 4 rings (SSSR count). The number of benzene rings is 3. The maximum Gasteiger partial charge on any atom is 0.250 e. The highest BCUT2D eigenvalue weighted by molar-refractivity contribution is 7.99. The van der Waals surface area contributed by atoms with Crippen LogP contribution in [0.4, 0.5) is 0 Å². The van der Waals surface area contributed by atoms with Crippen LogP contribution < -0.4 is 24.4 Å². The van der Waals surface area contributed by atoms with E-state index in [0.717, 1.165) is 17.0 Å². The molecule has 1 heterocycles. The number of hydrazone groups is 1. The van der Waals surface area contributed by atoms with Crippen LogP contribution in [0, 0.1) is 0 Å². The number of thioether (sulfide) groups is 1. The number of hydrogen-bond acceptors (Lipinski definition) is 9. The van der Waals surface area contributed by atoms with Gasteiger partial charge in [-0.25, -0.2) is 5.43 Å². The molecule has 0 radical (unpaired) electrons. The van der Waals surface area contributed by atoms with Gasteiger partial charge in [0.25, 0.3) is 5.91 Å². The van der Waals surface area contributed by atoms with Gasteiger partial charge in [0.2, 0.25) is 5.75 Å². The molecule has 0 aliphatic heterocycles. The molecule has 0 unspecified atom stereocenters. The molecule has 4 aromatic rings. The van der Waals surface area contributed by atoms with E-state index in [1.807, 2.05) is 41.0 Å². The van der Waals surface area contributed by atoms with E-state index in [2.05, 4.69) is 20.7 Å². The maximum absolute atomic E-state index is 12.6. The molecule has 39 heavy (non-hydrogen) atoms. The van der Waals surface area contributed by atoms with E-state index in [1.54, 1.807) is 31.4 Å². The Balaban J connectivity index is 1.51. The highest BCUT2D eigenvalue weighted by atomic mass is 35.5. The summed E-state index contributed by atoms with van der Waals surface area (Å²) in [6.45, 7) is 0. The molecule has 0 aliphatic carbocycles. The lowest BCUT2D eigenvalue weighted by Crippen LogP contribution is -2.20. The summed E-state index contributed by atoms with van der Waals surface area (Å²) < 4.78 is 23.2. The summed E-state index contributed by atoms with van der Waals surface area (Å²) in [5, 5.41) is 13.9. The van der Waals surface area contributed by atoms with E-state index in [1.165, 1.54) is 39.3 Å². The van der Waals surface area contributed by atoms with Gasteiger partial charge in [0, 0.05) is 21.8 Å². The zero-order valence-corrected chi connectivity index (χ0v) is 23.2. The summed E-state index contributed by atoms with van der Waals surface area (Å²) in [6.07, 6.45) is 1.47. The third-order valence-corrected chi connectivity index (χ3v) is 6.71. The smallest absolute Gasteiger partial charge is 0.250 e. The number of hydrogen-bond donors (Lipinski definition) is 1. The molecular weight excluding hydrogens is 542 g/mol. The second-order valence-electron chi connectivity index (χ2n) is 7.85. The third-order valence-electron chi connectivity index (χ3n) is 5.53. The molecule has 0 saturated heterocycles. The molecule has 0 spiro atoms. The Morgan fingerprint density at radius 3 is 2.28 bits per heavy atom. The first kappa shape index (κ1) is 27.8. The monoisotopic (exact) mass is 567 g/mol. The Bertz CT molecular complexity index is 1460. The molecule has 1 aromatic heterocycles. The van der Waals surface area contributed by atoms with Gasteiger partial charge < -0.3 is 18.9 Å². The number of methoxy groups -OCH3 is 4. The fourth-order valence-electron chi connectivity index (χ4n) is 3.68. The Labute approximate surface area is 234 Å². The van der Waals surface area contributed by atoms with Crippen LogP contribution in [-0.4, -0.2) is 61.1 Å². The lowest BCUT2D eigenvalue weighted by Gasteiger charge is -2.13. The summed E-state index contributed by atoms with van der Waals surface area (Å²) in [6, 6.07) is 18.3. The molecule has 1 amide bonds. The number of carbonyl (C=O) groups is 1. The minimum absolute atomic E-state index is 0.0503. The van der Waals surface area contributed by atoms with Gasteiger partial charge in [-0.1, -0.05) is 23.4 Å². The van der Waals surface area contributed by atoms with Crippen LogP contribution in [0.5, 0.6) is 23.0 Å². The normalized spacial score (nSPS) is 10.9. The molecule has 0 bridgehead atoms. The van der Waals surface area contributed by atoms with Gasteiger partial charge in [0.15, 0.2) is 22.5 Å². The van der Waals surface area contributed by atoms with Crippen molar-refractivity contribution in [1.82, 2.24) is 20.2 Å². The molecular formula is C27H26ClN5O5S. The lowest BCUT2D eigenvalue weighted by atomic mass is 10.2. The predicted octanol–water partition coefficient (Wildman–Crippen LogP) is 4.86. The second-order valence-corrected chi connectivity index (χ2v) is 9.23. The summed E-state index contributed by atoms with van der Waals surface area (Å²) >= 11 is 7.33. The van der Waals surface area contributed by atoms with Crippen molar-refractivity contribution in [2.45, 2.75) is 5.16 Å². The Morgan fingerprint density at radius 1 is 0.923 bits per heavy atom. The summed E-state index contributed by atoms with van der Waals surface area (Å²) in [4.78, 5) is 12.6. The molecule has 3 aromatic carbocycles. The van der Waals surface area contributed by atoms with Gasteiger partial charge in [0.1, 0.15) is 5.75 Å². The van der Waals surface area contributed by atoms with Crippen LogP contribution in [0.1, 0.15) is 5.56 Å². The van der Waals surface area contributed by atoms with Gasteiger partial charge in [-0.3, -0.25) is 9.36 Å². The fraction of sp³-hybridized carbons (Fsp3) is 0.185. The predicted molar refractivity (Wildman–Crippen MR) is 151 cm³/mol. The first-order valence-corrected chi connectivity index (χ1v) is 12.9. The third kappa shape index (κ3) is 6.44. The summed E-state index contributed by atoms with van der Waals surface area (Å²) in [7, 11) is 6.18. The molecule has 0 fully saturated rings. The Kier molecular flexibility index (Phi) is 9.29. The van der Waals surface area contributed by atoms with Gasteiger partial charge in [-0.05, 0) is 60.7 Å². The minimum atomic E-state index is -0.327. The average Bonchev–Trinajstić information content (AvgIpc) is 3.40. The SMILES string of the molecule is COc1ccc(-c2nnc(SCC(=O)N/N=C\c3ccc(OC)c(OC)c3OC)n2-c2ccc(Cl)cc2)cc1. The Hall–Kier alpha value is -4.22. The first-order valence-electron chi connectivity index (χ1n) is 11.6. The van der Waals surface area contributed by atoms with Crippen molar-refractivity contribution in [3.63, 3.8) is 0 Å². The average molecular weight is 568 g/mol. The van der Waals surface area contributed by atoms with E-state index >= 15 is 0 Å². The van der Waals surface area contributed by atoms with Crippen LogP contribution in [0.15, 0.2) is 70.9 Å². The number of rotatable bonds is 11. The zero-order chi connectivity index (χ0) is 27.8. The van der Waals surface area contributed by atoms with Crippen LogP contribution in [-0.2, 0) is 4.79 Å². The van der Waals surface area contributed by atoms with Crippen molar-refractivity contribution in [2.24, 2.45) is 5.10 Å². The number of carbonyl (C=O) groups excluding carboxylic acids is 1. The Morgan fingerprint density at radius 2 is 1.64 bits per heavy atom. The van der Waals surface area contributed by atoms with Crippen LogP contribution >= 0.6 is 23.4 Å². The van der Waals surface area contributed by atoms with Crippen molar-refractivity contribution in [3.8, 4) is 40.1 Å². The molecule has 202 valence electrons. The largest absolute Gasteiger partial charge is 0.497 e. The van der Waals surface area contributed by atoms with Crippen molar-refractivity contribution < 1.29 is 23.7 Å². The van der Waals surface area contributed by atoms with Crippen molar-refractivity contribution >= 4 is 35.5 Å². The van der Waals surface area contributed by atoms with Crippen molar-refractivity contribution in [3.05, 3.63) is 71.2 Å². The number of ether oxygens (including phenoxy) is 4. The van der Waals surface area contributed by atoms with Gasteiger partial charge in [0.05, 0.1) is 40.4 Å². The molecule has 0 saturated carbocycles. The van der Waals surface area contributed by atoms with Gasteiger partial charge in [-0.15, -0.1) is 10.2 Å². The van der Waals surface area contributed by atoms with E-state index in [4.69, 9.17) is 30.5 Å². The van der Waals surface area contributed by atoms with Gasteiger partial charge in [-0.2, -0.15) is 5.10 Å². The summed E-state index contributed by atoms with van der Waals surface area (Å²) in [5.74, 6) is 2.45. The zero-order valence-electron chi connectivity index (χ0n) is 21.7. The summed E-state index contributed by atoms with van der Waals surface area (Å²) in [5.41, 5.74) is 4.77. The quantitative estimate of drug-likeness (QED) is 0.155. The fourth-order valence-corrected chi connectivity index (χ4v) is 4.55.